The first-order valence-corrected chi connectivity index (χ1v) is 6.05. The molecule has 92 valence electrons. The molecule has 0 saturated carbocycles. The van der Waals surface area contributed by atoms with Gasteiger partial charge in [-0.25, -0.2) is 0 Å². The van der Waals surface area contributed by atoms with Gasteiger partial charge in [0.25, 0.3) is 0 Å². The summed E-state index contributed by atoms with van der Waals surface area (Å²) in [5, 5.41) is 7.32. The van der Waals surface area contributed by atoms with E-state index in [4.69, 9.17) is 0 Å². The van der Waals surface area contributed by atoms with Gasteiger partial charge in [0.15, 0.2) is 0 Å². The molecule has 18 heavy (non-hydrogen) atoms. The summed E-state index contributed by atoms with van der Waals surface area (Å²) in [5.41, 5.74) is 3.30. The van der Waals surface area contributed by atoms with Crippen LogP contribution in [0.2, 0.25) is 0 Å². The third-order valence-electron chi connectivity index (χ3n) is 3.47. The van der Waals surface area contributed by atoms with Gasteiger partial charge in [0.1, 0.15) is 5.82 Å². The number of rotatable bonds is 1. The summed E-state index contributed by atoms with van der Waals surface area (Å²) < 4.78 is 1.75. The fourth-order valence-electron chi connectivity index (χ4n) is 2.68. The minimum absolute atomic E-state index is 0.0550. The molecule has 1 atom stereocenters. The Hall–Kier alpha value is -2.10. The van der Waals surface area contributed by atoms with Crippen LogP contribution in [0.1, 0.15) is 29.2 Å². The highest BCUT2D eigenvalue weighted by molar-refractivity contribution is 5.94. The van der Waals surface area contributed by atoms with Crippen LogP contribution < -0.4 is 5.32 Å². The lowest BCUT2D eigenvalue weighted by Crippen LogP contribution is -2.24. The highest BCUT2D eigenvalue weighted by Gasteiger charge is 2.31. The molecule has 0 saturated heterocycles. The number of nitrogens with one attached hydrogen (secondary N) is 1. The second-order valence-corrected chi connectivity index (χ2v) is 4.69. The summed E-state index contributed by atoms with van der Waals surface area (Å²) in [4.78, 5) is 11.8. The van der Waals surface area contributed by atoms with Gasteiger partial charge in [0.2, 0.25) is 5.91 Å². The number of carbonyl (C=O) groups excluding carboxylic acids is 1. The van der Waals surface area contributed by atoms with Crippen LogP contribution in [0.25, 0.3) is 0 Å². The molecular formula is C14H15N3O. The van der Waals surface area contributed by atoms with Crippen molar-refractivity contribution in [3.8, 4) is 0 Å². The molecule has 4 heteroatoms. The largest absolute Gasteiger partial charge is 0.311 e. The van der Waals surface area contributed by atoms with Crippen LogP contribution in [-0.4, -0.2) is 15.7 Å². The van der Waals surface area contributed by atoms with Crippen molar-refractivity contribution in [3.63, 3.8) is 0 Å². The molecule has 4 nitrogen and oxygen atoms in total. The Kier molecular flexibility index (Phi) is 2.44. The average molecular weight is 241 g/mol. The van der Waals surface area contributed by atoms with E-state index in [1.807, 2.05) is 32.2 Å². The Balaban J connectivity index is 2.16. The number of aromatic nitrogens is 2. The van der Waals surface area contributed by atoms with E-state index in [-0.39, 0.29) is 11.8 Å². The number of hydrogen-bond donors (Lipinski definition) is 1. The molecule has 1 aromatic carbocycles. The van der Waals surface area contributed by atoms with Crippen molar-refractivity contribution < 1.29 is 4.79 Å². The number of anilines is 1. The van der Waals surface area contributed by atoms with Gasteiger partial charge in [-0.2, -0.15) is 5.10 Å². The highest BCUT2D eigenvalue weighted by Crippen LogP contribution is 2.38. The van der Waals surface area contributed by atoms with Crippen molar-refractivity contribution in [1.29, 1.82) is 0 Å². The molecule has 1 aromatic heterocycles. The standard InChI is InChI=1S/C14H15N3O/c1-9-13-11(10-6-4-3-5-7-10)8-12(18)15-14(13)17(2)16-9/h3-7,11H,8H2,1-2H3,(H,15,18)/t11-/m1/s1. The highest BCUT2D eigenvalue weighted by atomic mass is 16.1. The molecule has 1 amide bonds. The van der Waals surface area contributed by atoms with E-state index in [9.17, 15) is 4.79 Å². The molecular weight excluding hydrogens is 226 g/mol. The predicted octanol–water partition coefficient (Wildman–Crippen LogP) is 2.20. The predicted molar refractivity (Wildman–Crippen MR) is 69.5 cm³/mol. The maximum Gasteiger partial charge on any atom is 0.226 e. The lowest BCUT2D eigenvalue weighted by molar-refractivity contribution is -0.116. The van der Waals surface area contributed by atoms with Crippen molar-refractivity contribution in [2.45, 2.75) is 19.3 Å². The second-order valence-electron chi connectivity index (χ2n) is 4.69. The fourth-order valence-corrected chi connectivity index (χ4v) is 2.68. The molecule has 1 N–H and O–H groups in total. The summed E-state index contributed by atoms with van der Waals surface area (Å²) in [5.74, 6) is 1.00. The zero-order valence-corrected chi connectivity index (χ0v) is 10.5. The third-order valence-corrected chi connectivity index (χ3v) is 3.47. The second kappa shape index (κ2) is 3.98. The monoisotopic (exact) mass is 241 g/mol. The van der Waals surface area contributed by atoms with Crippen molar-refractivity contribution in [2.75, 3.05) is 5.32 Å². The zero-order chi connectivity index (χ0) is 12.7. The smallest absolute Gasteiger partial charge is 0.226 e. The molecule has 2 aromatic rings. The van der Waals surface area contributed by atoms with Gasteiger partial charge >= 0.3 is 0 Å². The van der Waals surface area contributed by atoms with Crippen molar-refractivity contribution >= 4 is 11.7 Å². The maximum absolute atomic E-state index is 11.8. The molecule has 2 heterocycles. The van der Waals surface area contributed by atoms with Crippen LogP contribution in [0, 0.1) is 6.92 Å². The molecule has 0 radical (unpaired) electrons. The van der Waals surface area contributed by atoms with Crippen LogP contribution in [0.5, 0.6) is 0 Å². The van der Waals surface area contributed by atoms with E-state index in [0.717, 1.165) is 17.1 Å². The number of carbonyl (C=O) groups is 1. The van der Waals surface area contributed by atoms with Crippen molar-refractivity contribution in [3.05, 3.63) is 47.2 Å². The Labute approximate surface area is 106 Å². The molecule has 1 aliphatic rings. The number of amides is 1. The van der Waals surface area contributed by atoms with Crippen molar-refractivity contribution in [1.82, 2.24) is 9.78 Å². The average Bonchev–Trinajstić information content (AvgIpc) is 2.65. The van der Waals surface area contributed by atoms with E-state index in [1.54, 1.807) is 4.68 Å². The van der Waals surface area contributed by atoms with Gasteiger partial charge in [0.05, 0.1) is 5.69 Å². The lowest BCUT2D eigenvalue weighted by Gasteiger charge is -2.23. The molecule has 3 rings (SSSR count). The van der Waals surface area contributed by atoms with E-state index in [1.165, 1.54) is 5.56 Å². The number of benzene rings is 1. The van der Waals surface area contributed by atoms with Gasteiger partial charge < -0.3 is 5.32 Å². The van der Waals surface area contributed by atoms with Gasteiger partial charge in [-0.3, -0.25) is 9.48 Å². The molecule has 0 bridgehead atoms. The summed E-state index contributed by atoms with van der Waals surface area (Å²) >= 11 is 0. The Morgan fingerprint density at radius 1 is 1.33 bits per heavy atom. The van der Waals surface area contributed by atoms with Crippen molar-refractivity contribution in [2.24, 2.45) is 7.05 Å². The van der Waals surface area contributed by atoms with E-state index in [2.05, 4.69) is 22.5 Å². The van der Waals surface area contributed by atoms with Gasteiger partial charge in [-0.15, -0.1) is 0 Å². The first-order chi connectivity index (χ1) is 8.66. The van der Waals surface area contributed by atoms with Crippen LogP contribution >= 0.6 is 0 Å². The molecule has 0 unspecified atom stereocenters. The minimum atomic E-state index is 0.0550. The molecule has 0 aliphatic carbocycles. The van der Waals surface area contributed by atoms with E-state index in [0.29, 0.717) is 6.42 Å². The number of fused-ring (bicyclic) bond motifs is 1. The molecule has 0 spiro atoms. The van der Waals surface area contributed by atoms with Gasteiger partial charge in [-0.1, -0.05) is 30.3 Å². The fraction of sp³-hybridized carbons (Fsp3) is 0.286. The topological polar surface area (TPSA) is 46.9 Å². The Morgan fingerprint density at radius 3 is 2.78 bits per heavy atom. The number of hydrogen-bond acceptors (Lipinski definition) is 2. The van der Waals surface area contributed by atoms with Gasteiger partial charge in [-0.05, 0) is 12.5 Å². The van der Waals surface area contributed by atoms with Crippen LogP contribution in [0.15, 0.2) is 30.3 Å². The quantitative estimate of drug-likeness (QED) is 0.832. The summed E-state index contributed by atoms with van der Waals surface area (Å²) in [6.45, 7) is 1.99. The summed E-state index contributed by atoms with van der Waals surface area (Å²) in [7, 11) is 1.86. The number of aryl methyl sites for hydroxylation is 2. The molecule has 1 aliphatic heterocycles. The first-order valence-electron chi connectivity index (χ1n) is 6.05. The Morgan fingerprint density at radius 2 is 2.06 bits per heavy atom. The SMILES string of the molecule is Cc1nn(C)c2c1[C@@H](c1ccccc1)CC(=O)N2. The Bertz CT molecular complexity index is 601. The van der Waals surface area contributed by atoms with Gasteiger partial charge in [0, 0.05) is 24.9 Å². The third kappa shape index (κ3) is 1.61. The lowest BCUT2D eigenvalue weighted by atomic mass is 9.86. The van der Waals surface area contributed by atoms with Crippen LogP contribution in [0.3, 0.4) is 0 Å². The van der Waals surface area contributed by atoms with E-state index >= 15 is 0 Å². The van der Waals surface area contributed by atoms with E-state index < -0.39 is 0 Å². The maximum atomic E-state index is 11.8. The molecule has 0 fully saturated rings. The normalized spacial score (nSPS) is 18.3. The summed E-state index contributed by atoms with van der Waals surface area (Å²) in [6, 6.07) is 10.1. The first kappa shape index (κ1) is 11.0. The van der Waals surface area contributed by atoms with Crippen LogP contribution in [0.4, 0.5) is 5.82 Å². The minimum Gasteiger partial charge on any atom is -0.311 e. The van der Waals surface area contributed by atoms with Crippen LogP contribution in [-0.2, 0) is 11.8 Å². The zero-order valence-electron chi connectivity index (χ0n) is 10.5. The summed E-state index contributed by atoms with van der Waals surface area (Å²) in [6.07, 6.45) is 0.490. The number of nitrogens with zero attached hydrogens (tertiary/aromatic N) is 2.